The van der Waals surface area contributed by atoms with Crippen LogP contribution in [0, 0.1) is 17.0 Å². The van der Waals surface area contributed by atoms with Crippen LogP contribution in [-0.4, -0.2) is 24.2 Å². The molecular formula is C12H18N2O3. The first-order valence-electron chi connectivity index (χ1n) is 5.40. The van der Waals surface area contributed by atoms with E-state index in [4.69, 9.17) is 4.74 Å². The highest BCUT2D eigenvalue weighted by Gasteiger charge is 2.19. The van der Waals surface area contributed by atoms with Gasteiger partial charge < -0.3 is 10.1 Å². The molecule has 0 amide bonds. The van der Waals surface area contributed by atoms with E-state index in [1.807, 2.05) is 20.8 Å². The molecule has 94 valence electrons. The van der Waals surface area contributed by atoms with Crippen molar-refractivity contribution in [2.75, 3.05) is 19.0 Å². The van der Waals surface area contributed by atoms with Gasteiger partial charge in [0, 0.05) is 19.7 Å². The molecule has 1 N–H and O–H groups in total. The number of methoxy groups -OCH3 is 1. The number of benzene rings is 1. The van der Waals surface area contributed by atoms with E-state index in [1.165, 1.54) is 6.07 Å². The third kappa shape index (κ3) is 3.71. The molecule has 0 aromatic heterocycles. The first-order chi connectivity index (χ1) is 7.85. The number of nitrogens with one attached hydrogen (secondary N) is 1. The fourth-order valence-electron chi connectivity index (χ4n) is 1.33. The van der Waals surface area contributed by atoms with Crippen LogP contribution in [0.15, 0.2) is 18.2 Å². The lowest BCUT2D eigenvalue weighted by molar-refractivity contribution is -0.384. The van der Waals surface area contributed by atoms with Crippen LogP contribution in [-0.2, 0) is 4.74 Å². The molecule has 1 rings (SSSR count). The van der Waals surface area contributed by atoms with Crippen LogP contribution in [0.3, 0.4) is 0 Å². The Hall–Kier alpha value is -1.62. The first kappa shape index (κ1) is 13.4. The highest BCUT2D eigenvalue weighted by atomic mass is 16.6. The van der Waals surface area contributed by atoms with Gasteiger partial charge in [-0.2, -0.15) is 0 Å². The van der Waals surface area contributed by atoms with Gasteiger partial charge in [-0.3, -0.25) is 10.1 Å². The zero-order valence-electron chi connectivity index (χ0n) is 10.6. The Morgan fingerprint density at radius 1 is 1.47 bits per heavy atom. The van der Waals surface area contributed by atoms with E-state index in [2.05, 4.69) is 5.32 Å². The SMILES string of the molecule is COC(C)(C)CNc1cc(C)ccc1[N+](=O)[O-]. The van der Waals surface area contributed by atoms with Crippen LogP contribution in [0.5, 0.6) is 0 Å². The maximum absolute atomic E-state index is 10.9. The maximum Gasteiger partial charge on any atom is 0.292 e. The minimum atomic E-state index is -0.387. The van der Waals surface area contributed by atoms with Crippen molar-refractivity contribution in [1.82, 2.24) is 0 Å². The minimum Gasteiger partial charge on any atom is -0.377 e. The van der Waals surface area contributed by atoms with Gasteiger partial charge in [-0.1, -0.05) is 6.07 Å². The summed E-state index contributed by atoms with van der Waals surface area (Å²) in [5, 5.41) is 13.9. The van der Waals surface area contributed by atoms with Crippen molar-refractivity contribution in [3.05, 3.63) is 33.9 Å². The minimum absolute atomic E-state index is 0.0857. The summed E-state index contributed by atoms with van der Waals surface area (Å²) in [6.07, 6.45) is 0. The average Bonchev–Trinajstić information content (AvgIpc) is 2.26. The number of aryl methyl sites for hydroxylation is 1. The van der Waals surface area contributed by atoms with Crippen LogP contribution in [0.25, 0.3) is 0 Å². The number of nitrogens with zero attached hydrogens (tertiary/aromatic N) is 1. The molecule has 0 radical (unpaired) electrons. The van der Waals surface area contributed by atoms with E-state index >= 15 is 0 Å². The quantitative estimate of drug-likeness (QED) is 0.632. The Morgan fingerprint density at radius 2 is 2.12 bits per heavy atom. The van der Waals surface area contributed by atoms with Crippen molar-refractivity contribution in [2.24, 2.45) is 0 Å². The lowest BCUT2D eigenvalue weighted by Gasteiger charge is -2.23. The van der Waals surface area contributed by atoms with Crippen LogP contribution < -0.4 is 5.32 Å². The zero-order chi connectivity index (χ0) is 13.1. The monoisotopic (exact) mass is 238 g/mol. The number of nitro groups is 1. The van der Waals surface area contributed by atoms with E-state index < -0.39 is 0 Å². The Kier molecular flexibility index (Phi) is 4.07. The fraction of sp³-hybridized carbons (Fsp3) is 0.500. The predicted octanol–water partition coefficient (Wildman–Crippen LogP) is 2.74. The molecule has 0 unspecified atom stereocenters. The van der Waals surface area contributed by atoms with Gasteiger partial charge in [-0.05, 0) is 32.4 Å². The molecule has 0 bridgehead atoms. The Morgan fingerprint density at radius 3 is 2.65 bits per heavy atom. The van der Waals surface area contributed by atoms with Crippen molar-refractivity contribution in [3.8, 4) is 0 Å². The second-order valence-corrected chi connectivity index (χ2v) is 4.60. The molecule has 0 fully saturated rings. The molecule has 5 nitrogen and oxygen atoms in total. The number of hydrogen-bond acceptors (Lipinski definition) is 4. The van der Waals surface area contributed by atoms with Crippen LogP contribution >= 0.6 is 0 Å². The molecule has 1 aromatic rings. The van der Waals surface area contributed by atoms with Gasteiger partial charge in [0.25, 0.3) is 5.69 Å². The van der Waals surface area contributed by atoms with Crippen LogP contribution in [0.4, 0.5) is 11.4 Å². The van der Waals surface area contributed by atoms with Crippen LogP contribution in [0.1, 0.15) is 19.4 Å². The molecule has 0 aliphatic rings. The van der Waals surface area contributed by atoms with E-state index in [1.54, 1.807) is 19.2 Å². The molecule has 0 atom stereocenters. The molecule has 0 spiro atoms. The summed E-state index contributed by atoms with van der Waals surface area (Å²) in [5.41, 5.74) is 1.23. The van der Waals surface area contributed by atoms with Gasteiger partial charge in [-0.15, -0.1) is 0 Å². The number of rotatable bonds is 5. The molecule has 0 saturated heterocycles. The molecule has 5 heteroatoms. The van der Waals surface area contributed by atoms with Gasteiger partial charge in [0.15, 0.2) is 0 Å². The molecule has 0 aliphatic heterocycles. The molecule has 17 heavy (non-hydrogen) atoms. The average molecular weight is 238 g/mol. The highest BCUT2D eigenvalue weighted by molar-refractivity contribution is 5.62. The Balaban J connectivity index is 2.89. The zero-order valence-corrected chi connectivity index (χ0v) is 10.6. The van der Waals surface area contributed by atoms with E-state index in [-0.39, 0.29) is 16.2 Å². The summed E-state index contributed by atoms with van der Waals surface area (Å²) in [6.45, 7) is 6.24. The standard InChI is InChI=1S/C12H18N2O3/c1-9-5-6-11(14(15)16)10(7-9)13-8-12(2,3)17-4/h5-7,13H,8H2,1-4H3. The molecule has 0 saturated carbocycles. The third-order valence-electron chi connectivity index (χ3n) is 2.61. The van der Waals surface area contributed by atoms with Gasteiger partial charge in [-0.25, -0.2) is 0 Å². The Bertz CT molecular complexity index is 416. The highest BCUT2D eigenvalue weighted by Crippen LogP contribution is 2.25. The van der Waals surface area contributed by atoms with Gasteiger partial charge in [0.05, 0.1) is 10.5 Å². The summed E-state index contributed by atoms with van der Waals surface area (Å²) in [4.78, 5) is 10.5. The molecule has 0 heterocycles. The van der Waals surface area contributed by atoms with E-state index in [0.29, 0.717) is 12.2 Å². The summed E-state index contributed by atoms with van der Waals surface area (Å²) in [6, 6.07) is 5.01. The van der Waals surface area contributed by atoms with Gasteiger partial charge in [0.1, 0.15) is 5.69 Å². The summed E-state index contributed by atoms with van der Waals surface area (Å²) < 4.78 is 5.26. The normalized spacial score (nSPS) is 11.3. The molecule has 1 aromatic carbocycles. The summed E-state index contributed by atoms with van der Waals surface area (Å²) in [5.74, 6) is 0. The van der Waals surface area contributed by atoms with Crippen LogP contribution in [0.2, 0.25) is 0 Å². The smallest absolute Gasteiger partial charge is 0.292 e. The van der Waals surface area contributed by atoms with Gasteiger partial charge >= 0.3 is 0 Å². The van der Waals surface area contributed by atoms with Crippen molar-refractivity contribution in [1.29, 1.82) is 0 Å². The van der Waals surface area contributed by atoms with E-state index in [0.717, 1.165) is 5.56 Å². The van der Waals surface area contributed by atoms with Crippen molar-refractivity contribution < 1.29 is 9.66 Å². The number of anilines is 1. The lowest BCUT2D eigenvalue weighted by Crippen LogP contribution is -2.32. The van der Waals surface area contributed by atoms with Crippen molar-refractivity contribution in [3.63, 3.8) is 0 Å². The van der Waals surface area contributed by atoms with Gasteiger partial charge in [0.2, 0.25) is 0 Å². The predicted molar refractivity (Wildman–Crippen MR) is 67.4 cm³/mol. The lowest BCUT2D eigenvalue weighted by atomic mass is 10.1. The largest absolute Gasteiger partial charge is 0.377 e. The van der Waals surface area contributed by atoms with E-state index in [9.17, 15) is 10.1 Å². The topological polar surface area (TPSA) is 64.4 Å². The summed E-state index contributed by atoms with van der Waals surface area (Å²) in [7, 11) is 1.62. The number of ether oxygens (including phenoxy) is 1. The molecular weight excluding hydrogens is 220 g/mol. The second-order valence-electron chi connectivity index (χ2n) is 4.60. The summed E-state index contributed by atoms with van der Waals surface area (Å²) >= 11 is 0. The third-order valence-corrected chi connectivity index (χ3v) is 2.61. The number of hydrogen-bond donors (Lipinski definition) is 1. The first-order valence-corrected chi connectivity index (χ1v) is 5.40. The number of nitro benzene ring substituents is 1. The maximum atomic E-state index is 10.9. The Labute approximate surface area is 101 Å². The second kappa shape index (κ2) is 5.14. The molecule has 0 aliphatic carbocycles. The van der Waals surface area contributed by atoms with Crippen molar-refractivity contribution in [2.45, 2.75) is 26.4 Å². The van der Waals surface area contributed by atoms with Crippen molar-refractivity contribution >= 4 is 11.4 Å². The fourth-order valence-corrected chi connectivity index (χ4v) is 1.33.